The van der Waals surface area contributed by atoms with E-state index in [1.807, 2.05) is 0 Å². The number of methoxy groups -OCH3 is 1. The molecule has 0 radical (unpaired) electrons. The van der Waals surface area contributed by atoms with Crippen LogP contribution in [0.3, 0.4) is 0 Å². The number of aromatic nitrogens is 4. The summed E-state index contributed by atoms with van der Waals surface area (Å²) in [6, 6.07) is 4.09. The average Bonchev–Trinajstić information content (AvgIpc) is 3.03. The number of ether oxygens (including phenoxy) is 2. The number of hydrogen-bond acceptors (Lipinski definition) is 11. The van der Waals surface area contributed by atoms with Crippen LogP contribution in [0.1, 0.15) is 53.2 Å². The van der Waals surface area contributed by atoms with Crippen molar-refractivity contribution in [2.45, 2.75) is 64.6 Å². The molecule has 1 aliphatic heterocycles. The quantitative estimate of drug-likeness (QED) is 0.126. The zero-order chi connectivity index (χ0) is 38.5. The number of amides is 1. The van der Waals surface area contributed by atoms with Gasteiger partial charge in [0.05, 0.1) is 23.8 Å². The molecule has 4 heterocycles. The molecule has 0 saturated carbocycles. The average molecular weight is 755 g/mol. The summed E-state index contributed by atoms with van der Waals surface area (Å²) in [5.41, 5.74) is -9.65. The minimum absolute atomic E-state index is 0.0477. The van der Waals surface area contributed by atoms with Crippen molar-refractivity contribution < 1.29 is 48.8 Å². The number of halogens is 5. The van der Waals surface area contributed by atoms with E-state index in [2.05, 4.69) is 19.1 Å². The van der Waals surface area contributed by atoms with Crippen molar-refractivity contribution in [1.29, 1.82) is 0 Å². The molecule has 1 fully saturated rings. The molecule has 280 valence electrons. The number of fused-ring (bicyclic) bond motifs is 1. The Morgan fingerprint density at radius 2 is 1.71 bits per heavy atom. The number of piperazine rings is 1. The molecule has 1 atom stereocenters. The molecule has 1 unspecified atom stereocenters. The number of nitrogens with zero attached hydrogens (tertiary/aromatic N) is 6. The molecule has 0 N–H and O–H groups in total. The summed E-state index contributed by atoms with van der Waals surface area (Å²) in [5.74, 6) is -4.19. The van der Waals surface area contributed by atoms with Crippen LogP contribution in [0.4, 0.5) is 32.6 Å². The van der Waals surface area contributed by atoms with Crippen LogP contribution in [0, 0.1) is 11.6 Å². The number of anilines is 1. The van der Waals surface area contributed by atoms with Crippen molar-refractivity contribution in [3.8, 4) is 28.4 Å². The lowest BCUT2D eigenvalue weighted by Crippen LogP contribution is -2.55. The van der Waals surface area contributed by atoms with E-state index in [4.69, 9.17) is 9.47 Å². The number of alkyl halides is 3. The lowest BCUT2D eigenvalue weighted by molar-refractivity contribution is -0.0500. The summed E-state index contributed by atoms with van der Waals surface area (Å²) in [7, 11) is -5.01. The Balaban J connectivity index is 1.79. The first kappa shape index (κ1) is 38.2. The van der Waals surface area contributed by atoms with Gasteiger partial charge in [-0.25, -0.2) is 27.9 Å². The molecule has 1 saturated heterocycles. The van der Waals surface area contributed by atoms with Crippen molar-refractivity contribution in [3.05, 3.63) is 64.3 Å². The fraction of sp³-hybridized carbons (Fsp3) is 0.424. The van der Waals surface area contributed by atoms with Crippen LogP contribution < -0.4 is 19.5 Å². The molecule has 0 spiro atoms. The highest BCUT2D eigenvalue weighted by atomic mass is 32.2. The number of benzene rings is 1. The first-order chi connectivity index (χ1) is 24.1. The molecule has 1 amide bonds. The smallest absolute Gasteiger partial charge is 0.494 e. The first-order valence-corrected chi connectivity index (χ1v) is 17.3. The predicted octanol–water partition coefficient (Wildman–Crippen LogP) is 5.93. The summed E-state index contributed by atoms with van der Waals surface area (Å²) >= 11 is 0. The lowest BCUT2D eigenvalue weighted by atomic mass is 10.1. The Hall–Kier alpha value is -5.07. The van der Waals surface area contributed by atoms with E-state index in [1.54, 1.807) is 46.4 Å². The molecular weight excluding hydrogens is 719 g/mol. The fourth-order valence-electron chi connectivity index (χ4n) is 5.70. The van der Waals surface area contributed by atoms with Gasteiger partial charge in [-0.1, -0.05) is 19.9 Å². The van der Waals surface area contributed by atoms with Crippen molar-refractivity contribution >= 4 is 33.1 Å². The lowest BCUT2D eigenvalue weighted by Gasteiger charge is -2.41. The van der Waals surface area contributed by atoms with Gasteiger partial charge < -0.3 is 23.5 Å². The number of rotatable bonds is 7. The normalized spacial score (nSPS) is 15.7. The summed E-state index contributed by atoms with van der Waals surface area (Å²) in [5, 5.41) is -0.0965. The molecule has 4 aromatic rings. The van der Waals surface area contributed by atoms with Gasteiger partial charge in [0.15, 0.2) is 17.2 Å². The van der Waals surface area contributed by atoms with Crippen LogP contribution in [0.15, 0.2) is 41.3 Å². The minimum Gasteiger partial charge on any atom is -0.494 e. The van der Waals surface area contributed by atoms with Crippen LogP contribution in [-0.2, 0) is 14.9 Å². The number of hydrogen-bond donors (Lipinski definition) is 0. The fourth-order valence-corrected chi connectivity index (χ4v) is 6.17. The number of carbonyl (C=O) groups excluding carboxylic acids is 1. The third-order valence-electron chi connectivity index (χ3n) is 7.95. The number of pyridine rings is 2. The monoisotopic (exact) mass is 754 g/mol. The second kappa shape index (κ2) is 13.8. The zero-order valence-electron chi connectivity index (χ0n) is 29.1. The van der Waals surface area contributed by atoms with Crippen LogP contribution in [0.25, 0.3) is 28.0 Å². The maximum atomic E-state index is 16.3. The van der Waals surface area contributed by atoms with Gasteiger partial charge in [-0.05, 0) is 51.8 Å². The molecule has 19 heteroatoms. The SMILES string of the molecule is COc1ccnc(C(C)C)c1-n1c(=O)nc(N2CCN(C(=O)OC(C)(C)C)CC2C)c2cc(F)c(-c3c(F)cccc3OS(=O)(=O)C(F)(F)F)nc21. The number of carbonyl (C=O) groups is 1. The van der Waals surface area contributed by atoms with E-state index in [1.165, 1.54) is 24.3 Å². The Kier molecular flexibility index (Phi) is 10.1. The largest absolute Gasteiger partial charge is 0.534 e. The summed E-state index contributed by atoms with van der Waals surface area (Å²) < 4.78 is 112. The van der Waals surface area contributed by atoms with Gasteiger partial charge in [-0.15, -0.1) is 0 Å². The molecule has 5 rings (SSSR count). The van der Waals surface area contributed by atoms with E-state index in [-0.39, 0.29) is 53.8 Å². The van der Waals surface area contributed by atoms with Gasteiger partial charge in [0.1, 0.15) is 34.4 Å². The van der Waals surface area contributed by atoms with Crippen LogP contribution in [-0.4, -0.2) is 82.8 Å². The Morgan fingerprint density at radius 3 is 2.31 bits per heavy atom. The maximum absolute atomic E-state index is 16.3. The first-order valence-electron chi connectivity index (χ1n) is 15.9. The maximum Gasteiger partial charge on any atom is 0.534 e. The molecule has 3 aromatic heterocycles. The summed E-state index contributed by atoms with van der Waals surface area (Å²) in [6.45, 7) is 10.8. The topological polar surface area (TPSA) is 146 Å². The molecule has 1 aromatic carbocycles. The van der Waals surface area contributed by atoms with Crippen molar-refractivity contribution in [3.63, 3.8) is 0 Å². The molecule has 1 aliphatic rings. The highest BCUT2D eigenvalue weighted by Crippen LogP contribution is 2.40. The predicted molar refractivity (Wildman–Crippen MR) is 179 cm³/mol. The van der Waals surface area contributed by atoms with E-state index in [9.17, 15) is 31.2 Å². The Morgan fingerprint density at radius 1 is 1.02 bits per heavy atom. The van der Waals surface area contributed by atoms with Crippen LogP contribution in [0.2, 0.25) is 0 Å². The van der Waals surface area contributed by atoms with Gasteiger partial charge in [0.2, 0.25) is 0 Å². The minimum atomic E-state index is -6.33. The van der Waals surface area contributed by atoms with Gasteiger partial charge in [-0.2, -0.15) is 26.6 Å². The van der Waals surface area contributed by atoms with Crippen molar-refractivity contribution in [2.75, 3.05) is 31.6 Å². The van der Waals surface area contributed by atoms with Gasteiger partial charge in [-0.3, -0.25) is 4.98 Å². The van der Waals surface area contributed by atoms with E-state index >= 15 is 8.78 Å². The Labute approximate surface area is 295 Å². The third-order valence-corrected chi connectivity index (χ3v) is 8.92. The third kappa shape index (κ3) is 7.31. The van der Waals surface area contributed by atoms with E-state index in [0.717, 1.165) is 22.8 Å². The summed E-state index contributed by atoms with van der Waals surface area (Å²) in [6.07, 6.45) is 0.867. The molecule has 52 heavy (non-hydrogen) atoms. The second-order valence-corrected chi connectivity index (χ2v) is 14.7. The van der Waals surface area contributed by atoms with Crippen LogP contribution in [0.5, 0.6) is 11.5 Å². The molecule has 0 bridgehead atoms. The van der Waals surface area contributed by atoms with E-state index < -0.39 is 67.7 Å². The highest BCUT2D eigenvalue weighted by Gasteiger charge is 2.49. The van der Waals surface area contributed by atoms with E-state index in [0.29, 0.717) is 11.8 Å². The summed E-state index contributed by atoms with van der Waals surface area (Å²) in [4.78, 5) is 43.1. The van der Waals surface area contributed by atoms with Gasteiger partial charge in [0.25, 0.3) is 0 Å². The highest BCUT2D eigenvalue weighted by molar-refractivity contribution is 7.88. The Bertz CT molecular complexity index is 2210. The zero-order valence-corrected chi connectivity index (χ0v) is 29.9. The van der Waals surface area contributed by atoms with Crippen LogP contribution >= 0.6 is 0 Å². The molecular formula is C33H35F5N6O7S. The van der Waals surface area contributed by atoms with Crippen molar-refractivity contribution in [2.24, 2.45) is 0 Å². The second-order valence-electron chi connectivity index (χ2n) is 13.2. The van der Waals surface area contributed by atoms with Crippen molar-refractivity contribution in [1.82, 2.24) is 24.4 Å². The van der Waals surface area contributed by atoms with Gasteiger partial charge >= 0.3 is 27.4 Å². The van der Waals surface area contributed by atoms with Gasteiger partial charge in [0, 0.05) is 37.9 Å². The standard InChI is InChI=1S/C33H35F5N6O7S/c1-17(2)25-27(23(49-7)11-12-39-25)44-29-19(28(41-30(44)45)43-14-13-42(16-18(43)3)31(46)50-32(4,5)6)15-21(35)26(40-29)24-20(34)9-8-10-22(24)51-52(47,48)33(36,37)38/h8-12,15,17-18H,13-14,16H2,1-7H3. The molecule has 0 aliphatic carbocycles. The molecule has 13 nitrogen and oxygen atoms in total.